The summed E-state index contributed by atoms with van der Waals surface area (Å²) in [5, 5.41) is 8.69. The molecule has 92 valence electrons. The van der Waals surface area contributed by atoms with Crippen LogP contribution in [0.15, 0.2) is 0 Å². The van der Waals surface area contributed by atoms with Gasteiger partial charge in [-0.2, -0.15) is 0 Å². The van der Waals surface area contributed by atoms with Crippen LogP contribution in [0, 0.1) is 0 Å². The number of aliphatic carboxylic acids is 1. The summed E-state index contributed by atoms with van der Waals surface area (Å²) in [6.45, 7) is 0.570. The molecule has 1 heterocycles. The molecule has 0 aliphatic carbocycles. The second-order valence-electron chi connectivity index (χ2n) is 3.85. The van der Waals surface area contributed by atoms with Crippen LogP contribution in [0.5, 0.6) is 0 Å². The number of unbranched alkanes of at least 4 members (excludes halogenated alkanes) is 1. The number of amides is 2. The Morgan fingerprint density at radius 3 is 2.69 bits per heavy atom. The van der Waals surface area contributed by atoms with Crippen molar-refractivity contribution >= 4 is 23.8 Å². The number of hydrogen-bond acceptors (Lipinski definition) is 3. The Balaban J connectivity index is 2.28. The maximum atomic E-state index is 11.2. The van der Waals surface area contributed by atoms with Gasteiger partial charge in [0.15, 0.2) is 0 Å². The molecule has 1 saturated heterocycles. The number of primary amides is 1. The Labute approximate surface area is 99.4 Å². The zero-order valence-corrected chi connectivity index (χ0v) is 10.0. The topological polar surface area (TPSA) is 83.6 Å². The van der Waals surface area contributed by atoms with Crippen molar-refractivity contribution < 1.29 is 14.7 Å². The van der Waals surface area contributed by atoms with E-state index in [1.54, 1.807) is 16.7 Å². The van der Waals surface area contributed by atoms with Crippen LogP contribution in [0.3, 0.4) is 0 Å². The molecule has 6 heteroatoms. The summed E-state index contributed by atoms with van der Waals surface area (Å²) in [6.07, 6.45) is 3.56. The quantitative estimate of drug-likeness (QED) is 0.695. The van der Waals surface area contributed by atoms with Crippen molar-refractivity contribution in [3.05, 3.63) is 0 Å². The molecule has 0 aromatic heterocycles. The molecule has 0 saturated carbocycles. The number of rotatable bonds is 6. The van der Waals surface area contributed by atoms with Crippen LogP contribution in [0.2, 0.25) is 0 Å². The first-order chi connectivity index (χ1) is 7.61. The maximum Gasteiger partial charge on any atom is 0.315 e. The fraction of sp³-hybridized carbons (Fsp3) is 0.800. The first-order valence-corrected chi connectivity index (χ1v) is 6.55. The lowest BCUT2D eigenvalue weighted by Crippen LogP contribution is -2.41. The fourth-order valence-corrected chi connectivity index (χ4v) is 3.09. The van der Waals surface area contributed by atoms with Crippen LogP contribution in [0.4, 0.5) is 4.79 Å². The van der Waals surface area contributed by atoms with Gasteiger partial charge in [0.2, 0.25) is 0 Å². The Hall–Kier alpha value is -0.910. The molecule has 0 aromatic carbocycles. The standard InChI is InChI=1S/C10H18N2O3S/c11-10(15)12(8-4-3-7-16-8)6-2-1-5-9(13)14/h8H,1-7H2,(H2,11,15)(H,13,14). The molecule has 5 nitrogen and oxygen atoms in total. The summed E-state index contributed by atoms with van der Waals surface area (Å²) in [7, 11) is 0. The molecular formula is C10H18N2O3S. The number of carbonyl (C=O) groups excluding carboxylic acids is 1. The SMILES string of the molecule is NC(=O)N(CCCCC(=O)O)C1CCCS1. The number of nitrogens with two attached hydrogens (primary N) is 1. The number of hydrogen-bond donors (Lipinski definition) is 2. The van der Waals surface area contributed by atoms with E-state index in [1.807, 2.05) is 0 Å². The third kappa shape index (κ3) is 4.30. The lowest BCUT2D eigenvalue weighted by atomic mass is 10.2. The maximum absolute atomic E-state index is 11.2. The molecule has 1 fully saturated rings. The molecule has 16 heavy (non-hydrogen) atoms. The van der Waals surface area contributed by atoms with E-state index in [2.05, 4.69) is 0 Å². The third-order valence-electron chi connectivity index (χ3n) is 2.58. The third-order valence-corrected chi connectivity index (χ3v) is 3.98. The summed E-state index contributed by atoms with van der Waals surface area (Å²) in [5.74, 6) is 0.282. The number of urea groups is 1. The molecule has 1 aliphatic heterocycles. The number of carboxylic acid groups (broad SMARTS) is 1. The average Bonchev–Trinajstić information content (AvgIpc) is 2.69. The van der Waals surface area contributed by atoms with Crippen molar-refractivity contribution in [2.45, 2.75) is 37.5 Å². The van der Waals surface area contributed by atoms with Gasteiger partial charge >= 0.3 is 12.0 Å². The zero-order valence-electron chi connectivity index (χ0n) is 9.22. The van der Waals surface area contributed by atoms with E-state index in [4.69, 9.17) is 10.8 Å². The predicted octanol–water partition coefficient (Wildman–Crippen LogP) is 1.48. The Morgan fingerprint density at radius 2 is 2.19 bits per heavy atom. The van der Waals surface area contributed by atoms with Gasteiger partial charge in [-0.05, 0) is 31.4 Å². The minimum Gasteiger partial charge on any atom is -0.481 e. The highest BCUT2D eigenvalue weighted by Gasteiger charge is 2.25. The highest BCUT2D eigenvalue weighted by atomic mass is 32.2. The van der Waals surface area contributed by atoms with Gasteiger partial charge in [-0.25, -0.2) is 4.79 Å². The van der Waals surface area contributed by atoms with E-state index in [1.165, 1.54) is 0 Å². The monoisotopic (exact) mass is 246 g/mol. The van der Waals surface area contributed by atoms with Gasteiger partial charge in [-0.3, -0.25) is 4.79 Å². The van der Waals surface area contributed by atoms with Gasteiger partial charge in [0.05, 0.1) is 5.37 Å². The van der Waals surface area contributed by atoms with Crippen molar-refractivity contribution in [1.29, 1.82) is 0 Å². The van der Waals surface area contributed by atoms with Crippen molar-refractivity contribution in [3.63, 3.8) is 0 Å². The number of carboxylic acids is 1. The van der Waals surface area contributed by atoms with Gasteiger partial charge in [0.25, 0.3) is 0 Å². The van der Waals surface area contributed by atoms with Gasteiger partial charge in [-0.1, -0.05) is 0 Å². The summed E-state index contributed by atoms with van der Waals surface area (Å²) in [6, 6.07) is -0.394. The summed E-state index contributed by atoms with van der Waals surface area (Å²) in [4.78, 5) is 23.2. The largest absolute Gasteiger partial charge is 0.481 e. The Morgan fingerprint density at radius 1 is 1.44 bits per heavy atom. The second kappa shape index (κ2) is 6.62. The minimum absolute atomic E-state index is 0.157. The molecule has 0 radical (unpaired) electrons. The van der Waals surface area contributed by atoms with E-state index in [0.717, 1.165) is 18.6 Å². The number of thioether (sulfide) groups is 1. The van der Waals surface area contributed by atoms with Crippen molar-refractivity contribution in [3.8, 4) is 0 Å². The van der Waals surface area contributed by atoms with Crippen LogP contribution in [0.1, 0.15) is 32.1 Å². The molecular weight excluding hydrogens is 228 g/mol. The lowest BCUT2D eigenvalue weighted by molar-refractivity contribution is -0.137. The van der Waals surface area contributed by atoms with Gasteiger partial charge in [-0.15, -0.1) is 11.8 Å². The smallest absolute Gasteiger partial charge is 0.315 e. The van der Waals surface area contributed by atoms with Crippen molar-refractivity contribution in [2.75, 3.05) is 12.3 Å². The Bertz CT molecular complexity index is 254. The minimum atomic E-state index is -0.791. The van der Waals surface area contributed by atoms with Crippen LogP contribution >= 0.6 is 11.8 Å². The molecule has 0 bridgehead atoms. The van der Waals surface area contributed by atoms with E-state index < -0.39 is 12.0 Å². The molecule has 3 N–H and O–H groups in total. The number of nitrogens with zero attached hydrogens (tertiary/aromatic N) is 1. The van der Waals surface area contributed by atoms with E-state index in [0.29, 0.717) is 19.4 Å². The van der Waals surface area contributed by atoms with E-state index >= 15 is 0 Å². The second-order valence-corrected chi connectivity index (χ2v) is 5.14. The van der Waals surface area contributed by atoms with Crippen LogP contribution in [-0.2, 0) is 4.79 Å². The normalized spacial score (nSPS) is 19.6. The van der Waals surface area contributed by atoms with Crippen molar-refractivity contribution in [2.24, 2.45) is 5.73 Å². The number of carbonyl (C=O) groups is 2. The molecule has 1 rings (SSSR count). The predicted molar refractivity (Wildman–Crippen MR) is 63.3 cm³/mol. The molecule has 0 spiro atoms. The average molecular weight is 246 g/mol. The summed E-state index contributed by atoms with van der Waals surface area (Å²) in [5.41, 5.74) is 5.32. The fourth-order valence-electron chi connectivity index (χ4n) is 1.76. The zero-order chi connectivity index (χ0) is 12.0. The van der Waals surface area contributed by atoms with Gasteiger partial charge < -0.3 is 15.7 Å². The van der Waals surface area contributed by atoms with Crippen LogP contribution < -0.4 is 5.73 Å². The van der Waals surface area contributed by atoms with Crippen LogP contribution in [-0.4, -0.2) is 39.7 Å². The highest BCUT2D eigenvalue weighted by Crippen LogP contribution is 2.29. The molecule has 2 amide bonds. The van der Waals surface area contributed by atoms with Crippen molar-refractivity contribution in [1.82, 2.24) is 4.90 Å². The molecule has 1 aliphatic rings. The van der Waals surface area contributed by atoms with E-state index in [9.17, 15) is 9.59 Å². The van der Waals surface area contributed by atoms with Gasteiger partial charge in [0, 0.05) is 13.0 Å². The van der Waals surface area contributed by atoms with E-state index in [-0.39, 0.29) is 11.8 Å². The summed E-state index contributed by atoms with van der Waals surface area (Å²) >= 11 is 1.75. The van der Waals surface area contributed by atoms with Gasteiger partial charge in [0.1, 0.15) is 0 Å². The summed E-state index contributed by atoms with van der Waals surface area (Å²) < 4.78 is 0. The molecule has 0 aromatic rings. The van der Waals surface area contributed by atoms with Crippen LogP contribution in [0.25, 0.3) is 0 Å². The Kier molecular flexibility index (Phi) is 5.45. The molecule has 1 atom stereocenters. The lowest BCUT2D eigenvalue weighted by Gasteiger charge is -2.26. The first kappa shape index (κ1) is 13.2. The molecule has 1 unspecified atom stereocenters. The highest BCUT2D eigenvalue weighted by molar-refractivity contribution is 8.00. The first-order valence-electron chi connectivity index (χ1n) is 5.50.